The third kappa shape index (κ3) is 9.11. The van der Waals surface area contributed by atoms with Crippen LogP contribution in [0.25, 0.3) is 11.0 Å². The van der Waals surface area contributed by atoms with Gasteiger partial charge in [0.05, 0.1) is 52.9 Å². The van der Waals surface area contributed by atoms with Crippen molar-refractivity contribution >= 4 is 55.4 Å². The van der Waals surface area contributed by atoms with Crippen molar-refractivity contribution in [3.63, 3.8) is 0 Å². The van der Waals surface area contributed by atoms with E-state index in [0.717, 1.165) is 82.5 Å². The van der Waals surface area contributed by atoms with Crippen LogP contribution in [-0.4, -0.2) is 146 Å². The molecule has 5 fully saturated rings. The van der Waals surface area contributed by atoms with Crippen LogP contribution < -0.4 is 29.3 Å². The molecule has 5 aromatic rings. The summed E-state index contributed by atoms with van der Waals surface area (Å²) < 4.78 is 48.7. The van der Waals surface area contributed by atoms with Crippen LogP contribution in [0.4, 0.5) is 28.4 Å². The summed E-state index contributed by atoms with van der Waals surface area (Å²) in [6, 6.07) is 22.3. The fourth-order valence-electron chi connectivity index (χ4n) is 13.3. The molecule has 1 amide bonds. The van der Waals surface area contributed by atoms with Crippen molar-refractivity contribution in [2.45, 2.75) is 113 Å². The van der Waals surface area contributed by atoms with Gasteiger partial charge in [-0.2, -0.15) is 4.98 Å². The summed E-state index contributed by atoms with van der Waals surface area (Å²) in [4.78, 5) is 46.1. The summed E-state index contributed by atoms with van der Waals surface area (Å²) in [5, 5.41) is 16.8. The van der Waals surface area contributed by atoms with Crippen LogP contribution in [0, 0.1) is 15.5 Å². The minimum absolute atomic E-state index is 0.0346. The number of piperidine rings is 1. The van der Waals surface area contributed by atoms with Gasteiger partial charge in [0.1, 0.15) is 24.0 Å². The highest BCUT2D eigenvalue weighted by molar-refractivity contribution is 7.90. The normalized spacial score (nSPS) is 24.7. The van der Waals surface area contributed by atoms with Crippen molar-refractivity contribution < 1.29 is 32.3 Å². The molecule has 4 atom stereocenters. The molecule has 74 heavy (non-hydrogen) atoms. The van der Waals surface area contributed by atoms with Gasteiger partial charge >= 0.3 is 0 Å². The number of carbonyl (C=O) groups is 1. The number of pyridine rings is 1. The molecule has 18 nitrogen and oxygen atoms in total. The predicted molar refractivity (Wildman–Crippen MR) is 284 cm³/mol. The number of piperazine rings is 1. The van der Waals surface area contributed by atoms with Crippen LogP contribution >= 0.6 is 0 Å². The fourth-order valence-corrected chi connectivity index (χ4v) is 14.3. The molecule has 4 saturated heterocycles. The zero-order valence-corrected chi connectivity index (χ0v) is 43.6. The molecular formula is C55H68N10O8S. The lowest BCUT2D eigenvalue weighted by Crippen LogP contribution is -2.61. The molecule has 0 unspecified atom stereocenters. The summed E-state index contributed by atoms with van der Waals surface area (Å²) in [7, 11) is -4.67. The van der Waals surface area contributed by atoms with Gasteiger partial charge in [-0.1, -0.05) is 38.1 Å². The summed E-state index contributed by atoms with van der Waals surface area (Å²) in [6.45, 7) is 16.8. The highest BCUT2D eigenvalue weighted by Crippen LogP contribution is 2.55. The molecule has 1 saturated carbocycles. The summed E-state index contributed by atoms with van der Waals surface area (Å²) in [5.41, 5.74) is 5.77. The maximum absolute atomic E-state index is 14.6. The van der Waals surface area contributed by atoms with E-state index in [1.807, 2.05) is 42.3 Å². The molecule has 8 heterocycles. The molecule has 0 radical (unpaired) electrons. The van der Waals surface area contributed by atoms with Crippen molar-refractivity contribution in [2.24, 2.45) is 5.41 Å². The third-order valence-electron chi connectivity index (χ3n) is 17.2. The number of hydrogen-bond donors (Lipinski definition) is 3. The topological polar surface area (TPSA) is 191 Å². The van der Waals surface area contributed by atoms with Gasteiger partial charge in [-0.3, -0.25) is 29.6 Å². The van der Waals surface area contributed by atoms with Crippen molar-refractivity contribution in [2.75, 3.05) is 87.3 Å². The number of likely N-dealkylation sites (tertiary alicyclic amines) is 1. The number of anilines is 4. The fraction of sp³-hybridized carbons (Fsp3) is 0.527. The number of carbonyl (C=O) groups excluding carboxylic acids is 1. The van der Waals surface area contributed by atoms with Gasteiger partial charge in [0.15, 0.2) is 11.4 Å². The number of aromatic nitrogens is 2. The SMILES string of the molecule is CC(C)c1ccccc1[C@@H]1CCCN1C1CC2(CCN(c3ccc(C(=O)NS(=O)(=O)c4cc5c(c([N+](=O)[O-])c4)N[C@@H](CN4CCN(C6COC6)[C@H](C)C4)CO5)c(N4C[C@@H](C)Oc5nc6[nH]ccc6cc54)c3)CC2)C1. The van der Waals surface area contributed by atoms with E-state index >= 15 is 0 Å². The minimum Gasteiger partial charge on any atom is -0.489 e. The Morgan fingerprint density at radius 1 is 0.932 bits per heavy atom. The highest BCUT2D eigenvalue weighted by atomic mass is 32.2. The number of hydrogen-bond acceptors (Lipinski definition) is 15. The van der Waals surface area contributed by atoms with Gasteiger partial charge < -0.3 is 34.3 Å². The average Bonchev–Trinajstić information content (AvgIpc) is 4.06. The van der Waals surface area contributed by atoms with Gasteiger partial charge in [-0.15, -0.1) is 0 Å². The number of fused-ring (bicyclic) bond motifs is 3. The van der Waals surface area contributed by atoms with Crippen LogP contribution in [0.2, 0.25) is 0 Å². The van der Waals surface area contributed by atoms with E-state index in [-0.39, 0.29) is 35.8 Å². The maximum Gasteiger partial charge on any atom is 0.297 e. The van der Waals surface area contributed by atoms with Crippen molar-refractivity contribution in [3.05, 3.63) is 99.7 Å². The molecule has 12 rings (SSSR count). The Labute approximate surface area is 432 Å². The molecule has 3 N–H and O–H groups in total. The molecular weight excluding hydrogens is 961 g/mol. The number of H-pyrrole nitrogens is 1. The quantitative estimate of drug-likeness (QED) is 0.0810. The minimum atomic E-state index is -4.67. The Balaban J connectivity index is 0.779. The molecule has 0 bridgehead atoms. The van der Waals surface area contributed by atoms with Crippen LogP contribution in [0.5, 0.6) is 11.6 Å². The second-order valence-electron chi connectivity index (χ2n) is 22.4. The van der Waals surface area contributed by atoms with Crippen molar-refractivity contribution in [3.8, 4) is 11.6 Å². The Bertz CT molecular complexity index is 3080. The number of sulfonamides is 1. The Hall–Kier alpha value is -5.99. The average molecular weight is 1030 g/mol. The first-order valence-electron chi connectivity index (χ1n) is 26.7. The number of nitro benzene ring substituents is 1. The van der Waals surface area contributed by atoms with Crippen LogP contribution in [0.1, 0.15) is 99.7 Å². The number of nitrogens with zero attached hydrogens (tertiary/aromatic N) is 7. The number of aromatic amines is 1. The summed E-state index contributed by atoms with van der Waals surface area (Å²) >= 11 is 0. The largest absolute Gasteiger partial charge is 0.489 e. The Morgan fingerprint density at radius 3 is 2.50 bits per heavy atom. The zero-order chi connectivity index (χ0) is 51.0. The first-order valence-corrected chi connectivity index (χ1v) is 28.2. The highest BCUT2D eigenvalue weighted by Gasteiger charge is 2.50. The standard InChI is InChI=1S/C55H68N10O8S/c1-34(2)43-8-5-6-9-44(43)46-10-7-17-63(46)40-26-55(27-40)14-18-61(19-15-55)39-11-12-45(47(23-39)64-29-36(4)73-54-49(64)22-37-13-16-56-52(37)58-54)53(66)59-74(69,70)42-24-48(65(67)68)51-50(25-42)72-31-38(57-51)30-60-20-21-62(35(3)28-60)41-32-71-33-41/h5-6,8-9,11-13,16,22-25,34-36,38,40-41,46,57H,7,10,14-15,17-21,26-33H2,1-4H3,(H,56,58)(H,59,66)/t35-,36-,38+,46+/m1/s1. The van der Waals surface area contributed by atoms with Crippen LogP contribution in [0.3, 0.4) is 0 Å². The maximum atomic E-state index is 14.6. The van der Waals surface area contributed by atoms with Crippen LogP contribution in [0.15, 0.2) is 77.8 Å². The zero-order valence-electron chi connectivity index (χ0n) is 42.8. The van der Waals surface area contributed by atoms with Crippen molar-refractivity contribution in [1.29, 1.82) is 0 Å². The smallest absolute Gasteiger partial charge is 0.297 e. The lowest BCUT2D eigenvalue weighted by atomic mass is 9.59. The van der Waals surface area contributed by atoms with E-state index in [1.54, 1.807) is 6.07 Å². The molecule has 3 aromatic carbocycles. The monoisotopic (exact) mass is 1030 g/mol. The number of benzene rings is 3. The van der Waals surface area contributed by atoms with Crippen molar-refractivity contribution in [1.82, 2.24) is 29.4 Å². The molecule has 2 aromatic heterocycles. The Kier molecular flexibility index (Phi) is 12.8. The second kappa shape index (κ2) is 19.3. The lowest BCUT2D eigenvalue weighted by molar-refractivity contribution is -0.384. The molecule has 392 valence electrons. The van der Waals surface area contributed by atoms with Gasteiger partial charge in [0, 0.05) is 86.8 Å². The lowest BCUT2D eigenvalue weighted by Gasteiger charge is -2.56. The number of nitrogens with one attached hydrogen (secondary N) is 3. The number of nitro groups is 1. The van der Waals surface area contributed by atoms with E-state index < -0.39 is 31.4 Å². The van der Waals surface area contributed by atoms with Gasteiger partial charge in [0.25, 0.3) is 21.6 Å². The molecule has 19 heteroatoms. The first kappa shape index (κ1) is 48.9. The number of rotatable bonds is 12. The van der Waals surface area contributed by atoms with E-state index in [2.05, 4.69) is 79.7 Å². The first-order chi connectivity index (χ1) is 35.7. The van der Waals surface area contributed by atoms with E-state index in [9.17, 15) is 23.3 Å². The molecule has 1 spiro atoms. The van der Waals surface area contributed by atoms with Gasteiger partial charge in [-0.25, -0.2) is 13.1 Å². The van der Waals surface area contributed by atoms with E-state index in [0.29, 0.717) is 71.5 Å². The summed E-state index contributed by atoms with van der Waals surface area (Å²) in [6.07, 6.45) is 8.45. The van der Waals surface area contributed by atoms with Gasteiger partial charge in [-0.05, 0) is 112 Å². The Morgan fingerprint density at radius 2 is 1.74 bits per heavy atom. The molecule has 6 aliphatic heterocycles. The third-order valence-corrected chi connectivity index (χ3v) is 18.5. The number of amides is 1. The summed E-state index contributed by atoms with van der Waals surface area (Å²) in [5.74, 6) is 0.0385. The van der Waals surface area contributed by atoms with Crippen LogP contribution in [-0.2, 0) is 14.8 Å². The van der Waals surface area contributed by atoms with E-state index in [4.69, 9.17) is 19.2 Å². The predicted octanol–water partition coefficient (Wildman–Crippen LogP) is 7.80. The number of ether oxygens (including phenoxy) is 3. The molecule has 1 aliphatic carbocycles. The molecule has 7 aliphatic rings. The van der Waals surface area contributed by atoms with Gasteiger partial charge in [0.2, 0.25) is 5.88 Å². The van der Waals surface area contributed by atoms with E-state index in [1.165, 1.54) is 42.9 Å². The second-order valence-corrected chi connectivity index (χ2v) is 24.1.